The van der Waals surface area contributed by atoms with Crippen molar-refractivity contribution in [3.05, 3.63) is 64.1 Å². The van der Waals surface area contributed by atoms with Crippen LogP contribution in [0.5, 0.6) is 5.75 Å². The van der Waals surface area contributed by atoms with Crippen LogP contribution >= 0.6 is 24.0 Å². The molecule has 0 unspecified atom stereocenters. The van der Waals surface area contributed by atoms with Crippen LogP contribution in [0.4, 0.5) is 0 Å². The van der Waals surface area contributed by atoms with Gasteiger partial charge < -0.3 is 19.9 Å². The molecule has 0 fully saturated rings. The monoisotopic (exact) mass is 512 g/mol. The molecule has 0 atom stereocenters. The molecule has 0 aliphatic heterocycles. The van der Waals surface area contributed by atoms with Gasteiger partial charge in [-0.1, -0.05) is 24.3 Å². The van der Waals surface area contributed by atoms with Gasteiger partial charge in [0, 0.05) is 37.0 Å². The minimum absolute atomic E-state index is 0. The number of halogens is 1. The zero-order valence-corrected chi connectivity index (χ0v) is 19.9. The summed E-state index contributed by atoms with van der Waals surface area (Å²) in [5, 5.41) is 6.64. The summed E-state index contributed by atoms with van der Waals surface area (Å²) < 4.78 is 7.49. The lowest BCUT2D eigenvalue weighted by Crippen LogP contribution is -2.37. The molecule has 0 amide bonds. The highest BCUT2D eigenvalue weighted by Crippen LogP contribution is 2.18. The minimum atomic E-state index is 0. The number of unbranched alkanes of at least 4 members (excludes halogenated alkanes) is 1. The lowest BCUT2D eigenvalue weighted by molar-refractivity contribution is 0.336. The molecule has 6 nitrogen and oxygen atoms in total. The van der Waals surface area contributed by atoms with Crippen molar-refractivity contribution in [2.45, 2.75) is 46.7 Å². The van der Waals surface area contributed by atoms with Gasteiger partial charge in [0.1, 0.15) is 5.75 Å². The van der Waals surface area contributed by atoms with Gasteiger partial charge in [-0.05, 0) is 45.7 Å². The van der Waals surface area contributed by atoms with Gasteiger partial charge in [0.05, 0.1) is 13.2 Å². The maximum absolute atomic E-state index is 11.9. The Balaban J connectivity index is 0.00000420. The van der Waals surface area contributed by atoms with Gasteiger partial charge in [-0.3, -0.25) is 4.79 Å². The largest absolute Gasteiger partial charge is 0.494 e. The maximum Gasteiger partial charge on any atom is 0.250 e. The fraction of sp³-hybridized carbons (Fsp3) is 0.455. The summed E-state index contributed by atoms with van der Waals surface area (Å²) in [6, 6.07) is 13.4. The first-order valence-corrected chi connectivity index (χ1v) is 10.0. The van der Waals surface area contributed by atoms with E-state index in [1.807, 2.05) is 48.7 Å². The average molecular weight is 512 g/mol. The van der Waals surface area contributed by atoms with Gasteiger partial charge in [-0.15, -0.1) is 24.0 Å². The summed E-state index contributed by atoms with van der Waals surface area (Å²) in [7, 11) is 0. The Kier molecular flexibility index (Phi) is 12.1. The summed E-state index contributed by atoms with van der Waals surface area (Å²) in [6.07, 6.45) is 1.89. The van der Waals surface area contributed by atoms with Gasteiger partial charge in [-0.25, -0.2) is 4.99 Å². The lowest BCUT2D eigenvalue weighted by Gasteiger charge is -2.13. The van der Waals surface area contributed by atoms with E-state index < -0.39 is 0 Å². The number of nitrogens with zero attached hydrogens (tertiary/aromatic N) is 2. The number of aromatic nitrogens is 1. The van der Waals surface area contributed by atoms with Crippen LogP contribution in [0.1, 0.15) is 37.9 Å². The zero-order valence-electron chi connectivity index (χ0n) is 17.6. The van der Waals surface area contributed by atoms with Crippen LogP contribution in [0, 0.1) is 6.92 Å². The van der Waals surface area contributed by atoms with Gasteiger partial charge in [-0.2, -0.15) is 0 Å². The lowest BCUT2D eigenvalue weighted by atomic mass is 10.2. The van der Waals surface area contributed by atoms with Crippen molar-refractivity contribution in [1.82, 2.24) is 15.2 Å². The predicted octanol–water partition coefficient (Wildman–Crippen LogP) is 3.71. The molecule has 1 heterocycles. The van der Waals surface area contributed by atoms with Crippen molar-refractivity contribution in [3.8, 4) is 5.75 Å². The molecule has 0 aliphatic rings. The summed E-state index contributed by atoms with van der Waals surface area (Å²) in [5.41, 5.74) is 2.14. The van der Waals surface area contributed by atoms with E-state index in [0.717, 1.165) is 55.4 Å². The number of hydrogen-bond donors (Lipinski definition) is 2. The van der Waals surface area contributed by atoms with E-state index in [0.29, 0.717) is 13.2 Å². The Hall–Kier alpha value is -2.03. The first-order valence-electron chi connectivity index (χ1n) is 10.0. The Morgan fingerprint density at radius 2 is 1.86 bits per heavy atom. The Labute approximate surface area is 190 Å². The van der Waals surface area contributed by atoms with E-state index in [4.69, 9.17) is 4.74 Å². The van der Waals surface area contributed by atoms with Crippen LogP contribution in [0.3, 0.4) is 0 Å². The van der Waals surface area contributed by atoms with Crippen molar-refractivity contribution in [1.29, 1.82) is 0 Å². The number of nitrogens with one attached hydrogen (secondary N) is 2. The van der Waals surface area contributed by atoms with Crippen LogP contribution in [0.15, 0.2) is 52.3 Å². The molecule has 0 aliphatic carbocycles. The highest BCUT2D eigenvalue weighted by molar-refractivity contribution is 14.0. The number of para-hydroxylation sites is 1. The first kappa shape index (κ1) is 25.0. The van der Waals surface area contributed by atoms with E-state index in [2.05, 4.69) is 22.5 Å². The molecule has 2 aromatic rings. The molecule has 0 saturated heterocycles. The fourth-order valence-corrected chi connectivity index (χ4v) is 2.95. The normalized spacial score (nSPS) is 10.9. The number of rotatable bonds is 10. The number of guanidine groups is 1. The van der Waals surface area contributed by atoms with Crippen LogP contribution in [0.2, 0.25) is 0 Å². The quantitative estimate of drug-likeness (QED) is 0.221. The molecule has 0 radical (unpaired) electrons. The molecule has 160 valence electrons. The third-order valence-electron chi connectivity index (χ3n) is 4.39. The van der Waals surface area contributed by atoms with Crippen molar-refractivity contribution < 1.29 is 4.74 Å². The third kappa shape index (κ3) is 8.47. The van der Waals surface area contributed by atoms with E-state index in [9.17, 15) is 4.79 Å². The number of hydrogen-bond acceptors (Lipinski definition) is 3. The maximum atomic E-state index is 11.9. The molecule has 0 saturated carbocycles. The Bertz CT molecular complexity index is 820. The Morgan fingerprint density at radius 1 is 1.07 bits per heavy atom. The predicted molar refractivity (Wildman–Crippen MR) is 131 cm³/mol. The number of aryl methyl sites for hydroxylation is 1. The van der Waals surface area contributed by atoms with Gasteiger partial charge in [0.2, 0.25) is 0 Å². The van der Waals surface area contributed by atoms with E-state index >= 15 is 0 Å². The van der Waals surface area contributed by atoms with E-state index in [1.165, 1.54) is 0 Å². The summed E-state index contributed by atoms with van der Waals surface area (Å²) in [4.78, 5) is 16.6. The second-order valence-electron chi connectivity index (χ2n) is 6.53. The van der Waals surface area contributed by atoms with Crippen LogP contribution in [-0.4, -0.2) is 30.2 Å². The molecular weight excluding hydrogens is 479 g/mol. The van der Waals surface area contributed by atoms with Gasteiger partial charge >= 0.3 is 0 Å². The van der Waals surface area contributed by atoms with Gasteiger partial charge in [0.15, 0.2) is 5.96 Å². The van der Waals surface area contributed by atoms with Crippen molar-refractivity contribution in [2.24, 2.45) is 4.99 Å². The molecule has 29 heavy (non-hydrogen) atoms. The summed E-state index contributed by atoms with van der Waals surface area (Å²) in [6.45, 7) is 9.55. The number of pyridine rings is 1. The molecule has 1 aromatic carbocycles. The van der Waals surface area contributed by atoms with E-state index in [-0.39, 0.29) is 29.5 Å². The molecule has 0 spiro atoms. The molecular formula is C22H33IN4O2. The standard InChI is InChI=1S/C22H32N4O2.HI/c1-4-23-22(25-17-19-12-6-7-13-20(19)28-5-2)24-15-8-9-16-26-18(3)11-10-14-21(26)27;/h6-7,10-14H,4-5,8-9,15-17H2,1-3H3,(H2,23,24,25);1H. The molecule has 2 rings (SSSR count). The second kappa shape index (κ2) is 14.0. The summed E-state index contributed by atoms with van der Waals surface area (Å²) in [5.74, 6) is 1.68. The zero-order chi connectivity index (χ0) is 20.2. The highest BCUT2D eigenvalue weighted by atomic mass is 127. The third-order valence-corrected chi connectivity index (χ3v) is 4.39. The average Bonchev–Trinajstić information content (AvgIpc) is 2.69. The first-order chi connectivity index (χ1) is 13.7. The molecule has 7 heteroatoms. The SMILES string of the molecule is CCNC(=NCc1ccccc1OCC)NCCCCn1c(C)cccc1=O.I. The summed E-state index contributed by atoms with van der Waals surface area (Å²) >= 11 is 0. The molecule has 0 bridgehead atoms. The number of benzene rings is 1. The molecule has 2 N–H and O–H groups in total. The second-order valence-corrected chi connectivity index (χ2v) is 6.53. The van der Waals surface area contributed by atoms with E-state index in [1.54, 1.807) is 12.1 Å². The van der Waals surface area contributed by atoms with Crippen LogP contribution < -0.4 is 20.9 Å². The Morgan fingerprint density at radius 3 is 2.59 bits per heavy atom. The van der Waals surface area contributed by atoms with Crippen molar-refractivity contribution in [2.75, 3.05) is 19.7 Å². The number of aliphatic imine (C=N–C) groups is 1. The van der Waals surface area contributed by atoms with Gasteiger partial charge in [0.25, 0.3) is 5.56 Å². The number of ether oxygens (including phenoxy) is 1. The van der Waals surface area contributed by atoms with Crippen molar-refractivity contribution in [3.63, 3.8) is 0 Å². The highest BCUT2D eigenvalue weighted by Gasteiger charge is 2.03. The minimum Gasteiger partial charge on any atom is -0.494 e. The van der Waals surface area contributed by atoms with Crippen LogP contribution in [0.25, 0.3) is 0 Å². The van der Waals surface area contributed by atoms with Crippen molar-refractivity contribution >= 4 is 29.9 Å². The smallest absolute Gasteiger partial charge is 0.250 e. The molecule has 1 aromatic heterocycles. The fourth-order valence-electron chi connectivity index (χ4n) is 2.95. The topological polar surface area (TPSA) is 67.7 Å². The van der Waals surface area contributed by atoms with Crippen LogP contribution in [-0.2, 0) is 13.1 Å².